The van der Waals surface area contributed by atoms with E-state index in [0.717, 1.165) is 6.08 Å². The van der Waals surface area contributed by atoms with Crippen molar-refractivity contribution >= 4 is 18.0 Å². The largest absolute Gasteiger partial charge is 0.504 e. The lowest BCUT2D eigenvalue weighted by Gasteiger charge is -2.20. The van der Waals surface area contributed by atoms with E-state index in [1.54, 1.807) is 6.07 Å². The lowest BCUT2D eigenvalue weighted by atomic mass is 10.1. The Morgan fingerprint density at radius 2 is 1.82 bits per heavy atom. The van der Waals surface area contributed by atoms with Crippen LogP contribution in [0.4, 0.5) is 0 Å². The number of carbonyl (C=O) groups excluding carboxylic acids is 2. The van der Waals surface area contributed by atoms with Gasteiger partial charge in [0, 0.05) is 18.2 Å². The molecule has 3 rings (SSSR count). The van der Waals surface area contributed by atoms with Crippen LogP contribution in [0.2, 0.25) is 0 Å². The summed E-state index contributed by atoms with van der Waals surface area (Å²) in [5, 5.41) is 18.5. The van der Waals surface area contributed by atoms with E-state index in [1.807, 2.05) is 0 Å². The van der Waals surface area contributed by atoms with Crippen molar-refractivity contribution in [3.05, 3.63) is 47.5 Å². The highest BCUT2D eigenvalue weighted by Gasteiger charge is 2.22. The molecule has 2 aromatic rings. The molecule has 3 N–H and O–H groups in total. The van der Waals surface area contributed by atoms with Gasteiger partial charge in [-0.15, -0.1) is 0 Å². The summed E-state index contributed by atoms with van der Waals surface area (Å²) in [5.74, 6) is -0.897. The molecule has 0 spiro atoms. The molecule has 146 valence electrons. The van der Waals surface area contributed by atoms with Gasteiger partial charge in [0.05, 0.1) is 12.7 Å². The van der Waals surface area contributed by atoms with E-state index in [-0.39, 0.29) is 22.8 Å². The second kappa shape index (κ2) is 8.31. The van der Waals surface area contributed by atoms with Gasteiger partial charge in [0.1, 0.15) is 19.0 Å². The average Bonchev–Trinajstić information content (AvgIpc) is 2.72. The van der Waals surface area contributed by atoms with E-state index in [9.17, 15) is 14.7 Å². The molecular weight excluding hydrogens is 370 g/mol. The fraction of sp³-hybridized carbons (Fsp3) is 0.158. The molecule has 9 heteroatoms. The van der Waals surface area contributed by atoms with Crippen molar-refractivity contribution in [2.45, 2.75) is 0 Å². The summed E-state index contributed by atoms with van der Waals surface area (Å²) in [7, 11) is 1.41. The number of ether oxygens (including phenoxy) is 4. The third-order valence-corrected chi connectivity index (χ3v) is 3.82. The van der Waals surface area contributed by atoms with Gasteiger partial charge in [-0.25, -0.2) is 10.3 Å². The molecule has 0 saturated heterocycles. The Kier molecular flexibility index (Phi) is 5.66. The van der Waals surface area contributed by atoms with Gasteiger partial charge in [-0.1, -0.05) is 6.07 Å². The van der Waals surface area contributed by atoms with E-state index in [0.29, 0.717) is 30.3 Å². The number of hydroxylamine groups is 1. The lowest BCUT2D eigenvalue weighted by Crippen LogP contribution is -2.22. The molecule has 2 aromatic carbocycles. The van der Waals surface area contributed by atoms with Gasteiger partial charge in [-0.2, -0.15) is 0 Å². The molecule has 0 atom stereocenters. The minimum Gasteiger partial charge on any atom is -0.504 e. The fourth-order valence-electron chi connectivity index (χ4n) is 2.50. The minimum absolute atomic E-state index is 0.0295. The number of esters is 1. The van der Waals surface area contributed by atoms with E-state index in [2.05, 4.69) is 0 Å². The monoisotopic (exact) mass is 387 g/mol. The summed E-state index contributed by atoms with van der Waals surface area (Å²) in [5.41, 5.74) is 1.98. The van der Waals surface area contributed by atoms with Crippen molar-refractivity contribution in [2.75, 3.05) is 20.3 Å². The number of amides is 1. The first-order chi connectivity index (χ1) is 13.5. The topological polar surface area (TPSA) is 124 Å². The number of hydrogen-bond donors (Lipinski definition) is 3. The number of benzene rings is 2. The number of nitrogens with one attached hydrogen (secondary N) is 1. The van der Waals surface area contributed by atoms with Crippen LogP contribution < -0.4 is 24.4 Å². The summed E-state index contributed by atoms with van der Waals surface area (Å²) in [6.07, 6.45) is 2.59. The van der Waals surface area contributed by atoms with Crippen molar-refractivity contribution in [1.29, 1.82) is 0 Å². The van der Waals surface area contributed by atoms with Gasteiger partial charge in [-0.05, 0) is 23.8 Å². The Bertz CT molecular complexity index is 938. The molecule has 1 amide bonds. The Hall–Kier alpha value is -3.72. The Morgan fingerprint density at radius 1 is 1.11 bits per heavy atom. The van der Waals surface area contributed by atoms with Gasteiger partial charge in [0.25, 0.3) is 5.91 Å². The van der Waals surface area contributed by atoms with E-state index < -0.39 is 11.9 Å². The molecule has 0 aliphatic carbocycles. The molecule has 28 heavy (non-hydrogen) atoms. The molecule has 1 heterocycles. The number of rotatable bonds is 5. The van der Waals surface area contributed by atoms with Gasteiger partial charge in [-0.3, -0.25) is 10.0 Å². The molecule has 0 saturated carbocycles. The predicted octanol–water partition coefficient (Wildman–Crippen LogP) is 1.91. The molecular formula is C19H17NO8. The third-order valence-electron chi connectivity index (χ3n) is 3.82. The number of hydrogen-bond acceptors (Lipinski definition) is 8. The maximum Gasteiger partial charge on any atom is 0.336 e. The standard InChI is InChI=1S/C19H17NO8/c1-25-15-8-11(2-4-13(15)21)3-5-18(22)28-14-10-17-16(26-6-7-27-17)9-12(14)19(23)20-24/h2-5,8-10,21,24H,6-7H2,1H3,(H,20,23). The average molecular weight is 387 g/mol. The third kappa shape index (κ3) is 4.15. The maximum atomic E-state index is 12.2. The Morgan fingerprint density at radius 3 is 2.50 bits per heavy atom. The molecule has 1 aliphatic heterocycles. The second-order valence-corrected chi connectivity index (χ2v) is 5.62. The van der Waals surface area contributed by atoms with Crippen LogP contribution in [0, 0.1) is 0 Å². The van der Waals surface area contributed by atoms with E-state index >= 15 is 0 Å². The number of phenolic OH excluding ortho intramolecular Hbond substituents is 1. The first-order valence-electron chi connectivity index (χ1n) is 8.17. The van der Waals surface area contributed by atoms with Crippen LogP contribution in [0.15, 0.2) is 36.4 Å². The second-order valence-electron chi connectivity index (χ2n) is 5.62. The Balaban J connectivity index is 1.82. The molecule has 0 unspecified atom stereocenters. The van der Waals surface area contributed by atoms with Crippen LogP contribution in [0.25, 0.3) is 6.08 Å². The van der Waals surface area contributed by atoms with E-state index in [4.69, 9.17) is 24.2 Å². The normalized spacial score (nSPS) is 12.5. The first-order valence-corrected chi connectivity index (χ1v) is 8.17. The molecule has 0 radical (unpaired) electrons. The van der Waals surface area contributed by atoms with Crippen LogP contribution in [0.3, 0.4) is 0 Å². The zero-order chi connectivity index (χ0) is 20.1. The van der Waals surface area contributed by atoms with Gasteiger partial charge in [0.15, 0.2) is 23.0 Å². The van der Waals surface area contributed by atoms with Crippen molar-refractivity contribution in [1.82, 2.24) is 5.48 Å². The molecule has 9 nitrogen and oxygen atoms in total. The zero-order valence-corrected chi connectivity index (χ0v) is 14.8. The van der Waals surface area contributed by atoms with Crippen LogP contribution in [-0.4, -0.2) is 42.5 Å². The quantitative estimate of drug-likeness (QED) is 0.234. The van der Waals surface area contributed by atoms with Crippen LogP contribution in [-0.2, 0) is 4.79 Å². The highest BCUT2D eigenvalue weighted by Crippen LogP contribution is 2.37. The zero-order valence-electron chi connectivity index (χ0n) is 14.8. The number of carbonyl (C=O) groups is 2. The van der Waals surface area contributed by atoms with Crippen molar-refractivity contribution < 1.29 is 38.9 Å². The van der Waals surface area contributed by atoms with Crippen LogP contribution in [0.1, 0.15) is 15.9 Å². The number of methoxy groups -OCH3 is 1. The minimum atomic E-state index is -0.868. The fourth-order valence-corrected chi connectivity index (χ4v) is 2.50. The Labute approximate surface area is 159 Å². The lowest BCUT2D eigenvalue weighted by molar-refractivity contribution is -0.128. The summed E-state index contributed by atoms with van der Waals surface area (Å²) in [6, 6.07) is 7.20. The number of phenols is 1. The summed E-state index contributed by atoms with van der Waals surface area (Å²) < 4.78 is 21.0. The molecule has 1 aliphatic rings. The summed E-state index contributed by atoms with van der Waals surface area (Å²) in [4.78, 5) is 24.1. The van der Waals surface area contributed by atoms with Crippen molar-refractivity contribution in [3.8, 4) is 28.7 Å². The van der Waals surface area contributed by atoms with Crippen molar-refractivity contribution in [2.24, 2.45) is 0 Å². The summed E-state index contributed by atoms with van der Waals surface area (Å²) >= 11 is 0. The van der Waals surface area contributed by atoms with Crippen LogP contribution in [0.5, 0.6) is 28.7 Å². The maximum absolute atomic E-state index is 12.2. The van der Waals surface area contributed by atoms with E-state index in [1.165, 1.54) is 42.9 Å². The molecule has 0 aromatic heterocycles. The van der Waals surface area contributed by atoms with Gasteiger partial charge < -0.3 is 24.1 Å². The van der Waals surface area contributed by atoms with Crippen LogP contribution >= 0.6 is 0 Å². The molecule has 0 bridgehead atoms. The highest BCUT2D eigenvalue weighted by molar-refractivity contribution is 5.98. The predicted molar refractivity (Wildman–Crippen MR) is 96.0 cm³/mol. The summed E-state index contributed by atoms with van der Waals surface area (Å²) in [6.45, 7) is 0.625. The number of fused-ring (bicyclic) bond motifs is 1. The highest BCUT2D eigenvalue weighted by atomic mass is 16.6. The molecule has 0 fully saturated rings. The van der Waals surface area contributed by atoms with Gasteiger partial charge >= 0.3 is 5.97 Å². The van der Waals surface area contributed by atoms with Gasteiger partial charge in [0.2, 0.25) is 0 Å². The number of aromatic hydroxyl groups is 1. The smallest absolute Gasteiger partial charge is 0.336 e. The van der Waals surface area contributed by atoms with Crippen molar-refractivity contribution in [3.63, 3.8) is 0 Å². The SMILES string of the molecule is COc1cc(C=CC(=O)Oc2cc3c(cc2C(=O)NO)OCCO3)ccc1O. The first kappa shape index (κ1) is 19.1.